The summed E-state index contributed by atoms with van der Waals surface area (Å²) < 4.78 is 5.41. The van der Waals surface area contributed by atoms with E-state index < -0.39 is 12.0 Å². The molecule has 0 amide bonds. The van der Waals surface area contributed by atoms with Crippen LogP contribution in [0.25, 0.3) is 0 Å². The number of nitrogens with two attached hydrogens (primary N) is 2. The number of aromatic nitrogens is 1. The summed E-state index contributed by atoms with van der Waals surface area (Å²) in [7, 11) is 0. The van der Waals surface area contributed by atoms with E-state index in [-0.39, 0.29) is 28.8 Å². The molecule has 1 aliphatic heterocycles. The third-order valence-electron chi connectivity index (χ3n) is 4.77. The summed E-state index contributed by atoms with van der Waals surface area (Å²) in [5.74, 6) is 0.275. The molecule has 0 radical (unpaired) electrons. The van der Waals surface area contributed by atoms with Gasteiger partial charge in [-0.05, 0) is 29.8 Å². The SMILES string of the molecule is N#CNC1=NC(c2ccc(OC(=O)c3ccccc3)cc2)c2c(nc(N)c(C#N)c2N)N1. The molecule has 32 heavy (non-hydrogen) atoms. The zero-order valence-electron chi connectivity index (χ0n) is 16.5. The number of benzene rings is 2. The van der Waals surface area contributed by atoms with Gasteiger partial charge in [-0.15, -0.1) is 0 Å². The number of carbonyl (C=O) groups excluding carboxylic acids is 1. The molecule has 1 atom stereocenters. The van der Waals surface area contributed by atoms with Gasteiger partial charge in [0.1, 0.15) is 35.1 Å². The molecule has 1 aliphatic rings. The Balaban J connectivity index is 1.69. The van der Waals surface area contributed by atoms with Gasteiger partial charge in [0.2, 0.25) is 5.96 Å². The number of hydrogen-bond donors (Lipinski definition) is 4. The van der Waals surface area contributed by atoms with Crippen LogP contribution in [0.2, 0.25) is 0 Å². The van der Waals surface area contributed by atoms with E-state index in [1.54, 1.807) is 54.7 Å². The van der Waals surface area contributed by atoms with Gasteiger partial charge in [0.05, 0.1) is 11.3 Å². The largest absolute Gasteiger partial charge is 0.423 e. The lowest BCUT2D eigenvalue weighted by atomic mass is 9.95. The van der Waals surface area contributed by atoms with Crippen molar-refractivity contribution in [3.8, 4) is 18.0 Å². The average Bonchev–Trinajstić information content (AvgIpc) is 2.80. The second kappa shape index (κ2) is 8.34. The van der Waals surface area contributed by atoms with Crippen molar-refractivity contribution in [1.29, 1.82) is 10.5 Å². The summed E-state index contributed by atoms with van der Waals surface area (Å²) in [6, 6.07) is 16.6. The van der Waals surface area contributed by atoms with E-state index in [0.717, 1.165) is 0 Å². The van der Waals surface area contributed by atoms with Gasteiger partial charge < -0.3 is 21.5 Å². The monoisotopic (exact) mass is 424 g/mol. The van der Waals surface area contributed by atoms with Gasteiger partial charge in [-0.1, -0.05) is 30.3 Å². The van der Waals surface area contributed by atoms with Crippen LogP contribution in [0.4, 0.5) is 17.3 Å². The number of anilines is 3. The summed E-state index contributed by atoms with van der Waals surface area (Å²) in [5, 5.41) is 23.7. The molecular weight excluding hydrogens is 408 g/mol. The number of carbonyl (C=O) groups is 1. The highest BCUT2D eigenvalue weighted by atomic mass is 16.5. The standard InChI is InChI=1S/C22H16N8O2/c23-10-15-17(25)16-18(28-22(27-11-24)30-20(16)29-19(15)26)12-6-8-14(9-7-12)32-21(31)13-4-2-1-3-5-13/h1-9,18H,(H6,25,26,27,28,29,30). The molecule has 2 heterocycles. The first-order valence-corrected chi connectivity index (χ1v) is 9.38. The van der Waals surface area contributed by atoms with Gasteiger partial charge in [-0.3, -0.25) is 5.32 Å². The average molecular weight is 424 g/mol. The van der Waals surface area contributed by atoms with Gasteiger partial charge >= 0.3 is 5.97 Å². The summed E-state index contributed by atoms with van der Waals surface area (Å²) in [6.07, 6.45) is 1.79. The second-order valence-corrected chi connectivity index (χ2v) is 6.73. The van der Waals surface area contributed by atoms with Crippen molar-refractivity contribution < 1.29 is 9.53 Å². The predicted octanol–water partition coefficient (Wildman–Crippen LogP) is 2.28. The van der Waals surface area contributed by atoms with Gasteiger partial charge in [0.25, 0.3) is 0 Å². The Hall–Kier alpha value is -5.09. The fraction of sp³-hybridized carbons (Fsp3) is 0.0455. The first kappa shape index (κ1) is 20.2. The van der Waals surface area contributed by atoms with E-state index in [1.165, 1.54) is 0 Å². The van der Waals surface area contributed by atoms with Crippen LogP contribution in [0.1, 0.15) is 33.1 Å². The van der Waals surface area contributed by atoms with Crippen molar-refractivity contribution in [2.24, 2.45) is 4.99 Å². The fourth-order valence-corrected chi connectivity index (χ4v) is 3.28. The number of esters is 1. The molecule has 0 spiro atoms. The number of nitrogen functional groups attached to an aromatic ring is 2. The van der Waals surface area contributed by atoms with Gasteiger partial charge in [0.15, 0.2) is 6.19 Å². The Kier molecular flexibility index (Phi) is 5.26. The lowest BCUT2D eigenvalue weighted by Crippen LogP contribution is -2.32. The van der Waals surface area contributed by atoms with E-state index >= 15 is 0 Å². The van der Waals surface area contributed by atoms with Crippen LogP contribution in [-0.4, -0.2) is 16.9 Å². The quantitative estimate of drug-likeness (QED) is 0.213. The second-order valence-electron chi connectivity index (χ2n) is 6.73. The van der Waals surface area contributed by atoms with Crippen molar-refractivity contribution in [3.63, 3.8) is 0 Å². The molecule has 6 N–H and O–H groups in total. The maximum Gasteiger partial charge on any atom is 0.343 e. The van der Waals surface area contributed by atoms with Crippen molar-refractivity contribution in [2.75, 3.05) is 16.8 Å². The number of hydrogen-bond acceptors (Lipinski definition) is 10. The molecule has 10 nitrogen and oxygen atoms in total. The molecule has 1 unspecified atom stereocenters. The van der Waals surface area contributed by atoms with E-state index in [4.69, 9.17) is 21.5 Å². The number of rotatable bonds is 3. The van der Waals surface area contributed by atoms with Gasteiger partial charge in [0, 0.05) is 5.56 Å². The number of guanidine groups is 1. The van der Waals surface area contributed by atoms with E-state index in [2.05, 4.69) is 20.6 Å². The lowest BCUT2D eigenvalue weighted by molar-refractivity contribution is 0.0734. The minimum atomic E-state index is -0.679. The Bertz CT molecular complexity index is 1300. The minimum absolute atomic E-state index is 0.0311. The first-order chi connectivity index (χ1) is 15.5. The van der Waals surface area contributed by atoms with Crippen LogP contribution in [0.5, 0.6) is 5.75 Å². The first-order valence-electron chi connectivity index (χ1n) is 9.38. The summed E-state index contributed by atoms with van der Waals surface area (Å²) in [6.45, 7) is 0. The Morgan fingerprint density at radius 1 is 1.09 bits per heavy atom. The molecule has 0 bridgehead atoms. The highest BCUT2D eigenvalue weighted by Crippen LogP contribution is 2.40. The molecule has 0 fully saturated rings. The fourth-order valence-electron chi connectivity index (χ4n) is 3.28. The zero-order chi connectivity index (χ0) is 22.7. The van der Waals surface area contributed by atoms with Crippen LogP contribution in [0, 0.1) is 22.8 Å². The predicted molar refractivity (Wildman–Crippen MR) is 117 cm³/mol. The molecule has 0 aliphatic carbocycles. The van der Waals surface area contributed by atoms with Crippen molar-refractivity contribution >= 4 is 29.3 Å². The molecular formula is C22H16N8O2. The summed E-state index contributed by atoms with van der Waals surface area (Å²) in [5.41, 5.74) is 13.8. The number of pyridine rings is 1. The Morgan fingerprint density at radius 3 is 2.47 bits per heavy atom. The van der Waals surface area contributed by atoms with Crippen LogP contribution in [0.3, 0.4) is 0 Å². The third kappa shape index (κ3) is 3.72. The molecule has 0 saturated heterocycles. The highest BCUT2D eigenvalue weighted by Gasteiger charge is 2.29. The third-order valence-corrected chi connectivity index (χ3v) is 4.77. The van der Waals surface area contributed by atoms with Crippen LogP contribution >= 0.6 is 0 Å². The van der Waals surface area contributed by atoms with E-state index in [9.17, 15) is 10.1 Å². The molecule has 2 aromatic carbocycles. The topological polar surface area (TPSA) is 175 Å². The van der Waals surface area contributed by atoms with Crippen molar-refractivity contribution in [3.05, 3.63) is 76.9 Å². The summed E-state index contributed by atoms with van der Waals surface area (Å²) >= 11 is 0. The smallest absolute Gasteiger partial charge is 0.343 e. The number of aliphatic imine (C=N–C) groups is 1. The van der Waals surface area contributed by atoms with Crippen LogP contribution < -0.4 is 26.8 Å². The van der Waals surface area contributed by atoms with Crippen molar-refractivity contribution in [1.82, 2.24) is 10.3 Å². The Morgan fingerprint density at radius 2 is 1.81 bits per heavy atom. The number of ether oxygens (including phenoxy) is 1. The maximum absolute atomic E-state index is 12.3. The van der Waals surface area contributed by atoms with Gasteiger partial charge in [-0.2, -0.15) is 10.5 Å². The Labute approximate surface area is 182 Å². The minimum Gasteiger partial charge on any atom is -0.423 e. The van der Waals surface area contributed by atoms with Crippen LogP contribution in [-0.2, 0) is 0 Å². The van der Waals surface area contributed by atoms with E-state index in [0.29, 0.717) is 22.4 Å². The number of nitrogens with one attached hydrogen (secondary N) is 2. The van der Waals surface area contributed by atoms with Gasteiger partial charge in [-0.25, -0.2) is 14.8 Å². The molecule has 4 rings (SSSR count). The highest BCUT2D eigenvalue weighted by molar-refractivity contribution is 5.98. The lowest BCUT2D eigenvalue weighted by Gasteiger charge is -2.26. The van der Waals surface area contributed by atoms with E-state index in [1.807, 2.05) is 12.1 Å². The number of nitriles is 2. The van der Waals surface area contributed by atoms with Crippen LogP contribution in [0.15, 0.2) is 59.6 Å². The molecule has 1 aromatic heterocycles. The normalized spacial score (nSPS) is 14.1. The molecule has 156 valence electrons. The molecule has 3 aromatic rings. The van der Waals surface area contributed by atoms with Crippen molar-refractivity contribution in [2.45, 2.75) is 6.04 Å². The summed E-state index contributed by atoms with van der Waals surface area (Å²) in [4.78, 5) is 21.0. The molecule has 10 heteroatoms. The zero-order valence-corrected chi connectivity index (χ0v) is 16.5. The number of fused-ring (bicyclic) bond motifs is 1. The number of nitrogens with zero attached hydrogens (tertiary/aromatic N) is 4. The molecule has 0 saturated carbocycles. The maximum atomic E-state index is 12.3.